The van der Waals surface area contributed by atoms with Crippen LogP contribution in [0.1, 0.15) is 64.4 Å². The van der Waals surface area contributed by atoms with E-state index in [0.717, 1.165) is 5.71 Å². The third-order valence-electron chi connectivity index (χ3n) is 7.60. The molecule has 232 valence electrons. The van der Waals surface area contributed by atoms with Crippen LogP contribution in [0.3, 0.4) is 0 Å². The lowest BCUT2D eigenvalue weighted by Crippen LogP contribution is -2.47. The molecule has 1 aliphatic rings. The summed E-state index contributed by atoms with van der Waals surface area (Å²) in [7, 11) is 1.49. The van der Waals surface area contributed by atoms with Crippen LogP contribution < -0.4 is 15.4 Å². The van der Waals surface area contributed by atoms with Gasteiger partial charge < -0.3 is 15.4 Å². The molecule has 1 atom stereocenters. The number of nitrogens with one attached hydrogen (secondary N) is 2. The fourth-order valence-corrected chi connectivity index (χ4v) is 5.10. The first-order valence-corrected chi connectivity index (χ1v) is 14.6. The van der Waals surface area contributed by atoms with E-state index in [1.54, 1.807) is 34.5 Å². The highest BCUT2D eigenvalue weighted by molar-refractivity contribution is 6.07. The Bertz CT molecular complexity index is 1610. The van der Waals surface area contributed by atoms with E-state index >= 15 is 0 Å². The molecule has 0 spiro atoms. The van der Waals surface area contributed by atoms with Crippen molar-refractivity contribution in [1.29, 1.82) is 0 Å². The van der Waals surface area contributed by atoms with E-state index in [4.69, 9.17) is 4.74 Å². The molecule has 0 unspecified atom stereocenters. The molecular weight excluding hydrogens is 565 g/mol. The predicted octanol–water partition coefficient (Wildman–Crippen LogP) is 3.54. The Balaban J connectivity index is 1.69. The van der Waals surface area contributed by atoms with E-state index in [1.165, 1.54) is 31.5 Å². The van der Waals surface area contributed by atoms with Gasteiger partial charge in [-0.05, 0) is 44.0 Å². The second-order valence-electron chi connectivity index (χ2n) is 10.6. The fraction of sp³-hybridized carbons (Fsp3) is 0.375. The number of rotatable bonds is 11. The van der Waals surface area contributed by atoms with Crippen LogP contribution in [0.4, 0.5) is 10.2 Å². The Morgan fingerprint density at radius 1 is 1.18 bits per heavy atom. The maximum absolute atomic E-state index is 15.0. The van der Waals surface area contributed by atoms with Gasteiger partial charge in [0, 0.05) is 62.7 Å². The maximum atomic E-state index is 15.0. The highest BCUT2D eigenvalue weighted by Gasteiger charge is 2.30. The normalized spacial score (nSPS) is 14.2. The predicted molar refractivity (Wildman–Crippen MR) is 165 cm³/mol. The molecule has 0 saturated carbocycles. The number of amides is 3. The Labute approximate surface area is 256 Å². The lowest BCUT2D eigenvalue weighted by atomic mass is 10.0. The third-order valence-corrected chi connectivity index (χ3v) is 7.60. The zero-order valence-electron chi connectivity index (χ0n) is 25.8. The molecule has 1 aliphatic heterocycles. The summed E-state index contributed by atoms with van der Waals surface area (Å²) in [5.74, 6) is -0.818. The Morgan fingerprint density at radius 2 is 1.95 bits per heavy atom. The SMILES string of the molecule is C=CC(=O)[N+]1=C(C)CN(C[C@@H](Oc2cc(C)c(C(=O)Nc3ccn(CC)n3)cc2C(=O)NC)c2cc(F)c(CC)cn2)CC1. The van der Waals surface area contributed by atoms with Crippen molar-refractivity contribution in [2.75, 3.05) is 38.5 Å². The number of aryl methyl sites for hydroxylation is 3. The lowest BCUT2D eigenvalue weighted by Gasteiger charge is -2.29. The van der Waals surface area contributed by atoms with Crippen molar-refractivity contribution in [3.8, 4) is 5.75 Å². The van der Waals surface area contributed by atoms with Crippen molar-refractivity contribution in [1.82, 2.24) is 25.0 Å². The standard InChI is InChI=1S/C32H38FN7O4/c1-7-22-17-35-26(16-25(22)33)28(19-38-12-13-40(21(5)18-38)30(41)8-2)44-27-14-20(4)23(15-24(27)31(42)34-6)32(43)36-29-10-11-39(9-3)37-29/h8,10-11,14-17,28H,2,7,9,12-13,18-19H2,1,3-6H3,(H-,34,36,37,42,43)/p+1/t28-/m1/s1. The summed E-state index contributed by atoms with van der Waals surface area (Å²) < 4.78 is 24.8. The van der Waals surface area contributed by atoms with Gasteiger partial charge in [-0.15, -0.1) is 0 Å². The van der Waals surface area contributed by atoms with Crippen LogP contribution in [-0.4, -0.2) is 80.9 Å². The molecule has 1 aromatic carbocycles. The number of aromatic nitrogens is 3. The van der Waals surface area contributed by atoms with E-state index in [9.17, 15) is 18.8 Å². The molecule has 0 bridgehead atoms. The maximum Gasteiger partial charge on any atom is 0.411 e. The van der Waals surface area contributed by atoms with Crippen LogP contribution in [-0.2, 0) is 17.8 Å². The van der Waals surface area contributed by atoms with Gasteiger partial charge in [-0.1, -0.05) is 13.5 Å². The first-order valence-electron chi connectivity index (χ1n) is 14.6. The van der Waals surface area contributed by atoms with Gasteiger partial charge in [-0.3, -0.25) is 24.2 Å². The highest BCUT2D eigenvalue weighted by Crippen LogP contribution is 2.30. The number of benzene rings is 1. The minimum absolute atomic E-state index is 0.141. The van der Waals surface area contributed by atoms with Crippen LogP contribution in [0.2, 0.25) is 0 Å². The summed E-state index contributed by atoms with van der Waals surface area (Å²) in [6.45, 7) is 13.4. The summed E-state index contributed by atoms with van der Waals surface area (Å²) >= 11 is 0. The van der Waals surface area contributed by atoms with Crippen LogP contribution in [0.15, 0.2) is 49.3 Å². The topological polar surface area (TPSA) is 121 Å². The molecule has 4 rings (SSSR count). The van der Waals surface area contributed by atoms with Gasteiger partial charge in [0.25, 0.3) is 11.8 Å². The molecule has 0 radical (unpaired) electrons. The molecule has 44 heavy (non-hydrogen) atoms. The quantitative estimate of drug-likeness (QED) is 0.254. The second-order valence-corrected chi connectivity index (χ2v) is 10.6. The van der Waals surface area contributed by atoms with Crippen molar-refractivity contribution >= 4 is 29.3 Å². The van der Waals surface area contributed by atoms with Gasteiger partial charge >= 0.3 is 5.91 Å². The van der Waals surface area contributed by atoms with Crippen LogP contribution in [0, 0.1) is 12.7 Å². The van der Waals surface area contributed by atoms with Crippen molar-refractivity contribution < 1.29 is 28.1 Å². The number of ether oxygens (including phenoxy) is 1. The summed E-state index contributed by atoms with van der Waals surface area (Å²) in [5.41, 5.74) is 2.68. The molecule has 11 nitrogen and oxygen atoms in total. The molecule has 2 aromatic heterocycles. The van der Waals surface area contributed by atoms with Crippen molar-refractivity contribution in [3.05, 3.63) is 83.1 Å². The first-order chi connectivity index (χ1) is 21.1. The second kappa shape index (κ2) is 14.2. The van der Waals surface area contributed by atoms with Crippen LogP contribution in [0.5, 0.6) is 5.75 Å². The summed E-state index contributed by atoms with van der Waals surface area (Å²) in [5, 5.41) is 9.69. The molecule has 0 aliphatic carbocycles. The van der Waals surface area contributed by atoms with Crippen molar-refractivity contribution in [2.24, 2.45) is 0 Å². The smallest absolute Gasteiger partial charge is 0.411 e. The first kappa shape index (κ1) is 32.2. The summed E-state index contributed by atoms with van der Waals surface area (Å²) in [6, 6.07) is 6.17. The van der Waals surface area contributed by atoms with Crippen molar-refractivity contribution in [3.63, 3.8) is 0 Å². The Hall–Kier alpha value is -4.71. The molecule has 3 aromatic rings. The molecule has 3 heterocycles. The van der Waals surface area contributed by atoms with Gasteiger partial charge in [0.05, 0.1) is 24.3 Å². The number of nitrogens with zero attached hydrogens (tertiary/aromatic N) is 5. The van der Waals surface area contributed by atoms with Crippen LogP contribution >= 0.6 is 0 Å². The summed E-state index contributed by atoms with van der Waals surface area (Å²) in [6.07, 6.45) is 4.26. The number of pyridine rings is 1. The Kier molecular flexibility index (Phi) is 10.4. The molecular formula is C32H39FN7O4+. The zero-order chi connectivity index (χ0) is 32.0. The van der Waals surface area contributed by atoms with Gasteiger partial charge in [0.15, 0.2) is 24.2 Å². The van der Waals surface area contributed by atoms with Gasteiger partial charge in [-0.25, -0.2) is 9.18 Å². The third kappa shape index (κ3) is 7.25. The van der Waals surface area contributed by atoms with Crippen LogP contribution in [0.25, 0.3) is 0 Å². The van der Waals surface area contributed by atoms with E-state index in [2.05, 4.69) is 32.2 Å². The van der Waals surface area contributed by atoms with Gasteiger partial charge in [-0.2, -0.15) is 9.67 Å². The molecule has 2 N–H and O–H groups in total. The van der Waals surface area contributed by atoms with E-state index < -0.39 is 23.7 Å². The van der Waals surface area contributed by atoms with E-state index in [-0.39, 0.29) is 22.8 Å². The largest absolute Gasteiger partial charge is 0.482 e. The monoisotopic (exact) mass is 604 g/mol. The number of anilines is 1. The highest BCUT2D eigenvalue weighted by atomic mass is 19.1. The Morgan fingerprint density at radius 3 is 2.57 bits per heavy atom. The lowest BCUT2D eigenvalue weighted by molar-refractivity contribution is -0.451. The minimum Gasteiger partial charge on any atom is -0.482 e. The van der Waals surface area contributed by atoms with Gasteiger partial charge in [0.2, 0.25) is 0 Å². The summed E-state index contributed by atoms with van der Waals surface area (Å²) in [4.78, 5) is 45.1. The number of carbonyl (C=O) groups excluding carboxylic acids is 3. The number of hydrogen-bond donors (Lipinski definition) is 2. The fourth-order valence-electron chi connectivity index (χ4n) is 5.10. The number of carbonyl (C=O) groups is 3. The van der Waals surface area contributed by atoms with Crippen molar-refractivity contribution in [2.45, 2.75) is 46.8 Å². The average molecular weight is 605 g/mol. The van der Waals surface area contributed by atoms with E-state index in [0.29, 0.717) is 61.8 Å². The molecule has 0 saturated heterocycles. The van der Waals surface area contributed by atoms with E-state index in [1.807, 2.05) is 20.8 Å². The molecule has 12 heteroatoms. The molecule has 3 amide bonds. The minimum atomic E-state index is -0.773. The van der Waals surface area contributed by atoms with Gasteiger partial charge in [0.1, 0.15) is 11.6 Å². The number of hydrogen-bond acceptors (Lipinski definition) is 7. The number of halogens is 1. The molecule has 0 fully saturated rings. The zero-order valence-corrected chi connectivity index (χ0v) is 25.8. The average Bonchev–Trinajstić information content (AvgIpc) is 3.47.